The Morgan fingerprint density at radius 1 is 0.557 bits per heavy atom. The van der Waals surface area contributed by atoms with Crippen molar-refractivity contribution in [2.75, 3.05) is 13.2 Å². The summed E-state index contributed by atoms with van der Waals surface area (Å²) in [6.07, 6.45) is 34.0. The number of unbranched alkanes of at least 4 members (excludes halogenated alkanes) is 26. The van der Waals surface area contributed by atoms with Gasteiger partial charge >= 0.3 is 0 Å². The number of rotatable bonds is 42. The van der Waals surface area contributed by atoms with Gasteiger partial charge in [0.05, 0.1) is 25.4 Å². The minimum Gasteiger partial charge on any atom is -0.394 e. The second kappa shape index (κ2) is 40.1. The summed E-state index contributed by atoms with van der Waals surface area (Å²) in [5, 5.41) is 75.5. The van der Waals surface area contributed by atoms with Gasteiger partial charge in [-0.15, -0.1) is 0 Å². The highest BCUT2D eigenvalue weighted by Gasteiger charge is 2.44. The van der Waals surface area contributed by atoms with Crippen LogP contribution in [-0.4, -0.2) is 110 Å². The molecular weight excluding hydrogens is 775 g/mol. The van der Waals surface area contributed by atoms with Gasteiger partial charge in [-0.1, -0.05) is 179 Å². The third-order valence-electron chi connectivity index (χ3n) is 12.2. The number of carbonyl (C=O) groups is 1. The van der Waals surface area contributed by atoms with Gasteiger partial charge in [0.1, 0.15) is 36.6 Å². The number of aliphatic hydroxyl groups excluding tert-OH is 7. The molecule has 0 aliphatic carbocycles. The Morgan fingerprint density at radius 2 is 0.967 bits per heavy atom. The summed E-state index contributed by atoms with van der Waals surface area (Å²) in [5.41, 5.74) is 0. The monoisotopic (exact) mass is 870 g/mol. The van der Waals surface area contributed by atoms with Gasteiger partial charge in [-0.05, 0) is 64.2 Å². The quantitative estimate of drug-likeness (QED) is 0.0217. The van der Waals surface area contributed by atoms with Crippen LogP contribution in [0, 0.1) is 0 Å². The number of carbonyl (C=O) groups excluding carboxylic acids is 1. The fourth-order valence-electron chi connectivity index (χ4n) is 8.02. The van der Waals surface area contributed by atoms with Gasteiger partial charge in [0, 0.05) is 0 Å². The topological polar surface area (TPSA) is 189 Å². The molecule has 0 spiro atoms. The maximum absolute atomic E-state index is 13.1. The highest BCUT2D eigenvalue weighted by atomic mass is 16.7. The minimum absolute atomic E-state index is 0.252. The normalized spacial score (nSPS) is 21.6. The van der Waals surface area contributed by atoms with Crippen molar-refractivity contribution in [3.05, 3.63) is 24.3 Å². The lowest BCUT2D eigenvalue weighted by atomic mass is 9.98. The third-order valence-corrected chi connectivity index (χ3v) is 12.2. The van der Waals surface area contributed by atoms with Crippen LogP contribution in [0.3, 0.4) is 0 Å². The second-order valence-corrected chi connectivity index (χ2v) is 17.9. The maximum atomic E-state index is 13.1. The number of hydrogen-bond donors (Lipinski definition) is 8. The van der Waals surface area contributed by atoms with E-state index in [4.69, 9.17) is 9.47 Å². The smallest absolute Gasteiger partial charge is 0.249 e. The molecule has 0 radical (unpaired) electrons. The van der Waals surface area contributed by atoms with E-state index in [0.717, 1.165) is 38.5 Å². The van der Waals surface area contributed by atoms with Gasteiger partial charge < -0.3 is 50.5 Å². The molecule has 1 aliphatic heterocycles. The number of amides is 1. The van der Waals surface area contributed by atoms with E-state index in [1.807, 2.05) is 0 Å². The molecule has 0 saturated carbocycles. The van der Waals surface area contributed by atoms with Gasteiger partial charge in [0.15, 0.2) is 6.29 Å². The highest BCUT2D eigenvalue weighted by molar-refractivity contribution is 5.80. The fourth-order valence-corrected chi connectivity index (χ4v) is 8.02. The van der Waals surface area contributed by atoms with E-state index in [-0.39, 0.29) is 12.8 Å². The molecule has 9 atom stereocenters. The summed E-state index contributed by atoms with van der Waals surface area (Å²) in [6, 6.07) is -1.18. The van der Waals surface area contributed by atoms with E-state index >= 15 is 0 Å². The van der Waals surface area contributed by atoms with E-state index in [0.29, 0.717) is 12.8 Å². The number of ether oxygens (including phenoxy) is 2. The van der Waals surface area contributed by atoms with Crippen LogP contribution in [0.1, 0.15) is 219 Å². The van der Waals surface area contributed by atoms with Crippen LogP contribution < -0.4 is 5.32 Å². The number of nitrogens with one attached hydrogen (secondary N) is 1. The van der Waals surface area contributed by atoms with Gasteiger partial charge in [0.25, 0.3) is 0 Å². The van der Waals surface area contributed by atoms with Gasteiger partial charge in [-0.25, -0.2) is 0 Å². The molecule has 1 aliphatic rings. The SMILES string of the molecule is CCCCCC/C=C/CCCC(O)C(O)C(COC1OC(CO)C(O)C(O)C1O)NC(=O)C(O)CCCCCCCCCCC/C=C\CCCCCCCCCCCCCC. The van der Waals surface area contributed by atoms with Crippen LogP contribution in [0.5, 0.6) is 0 Å². The Balaban J connectivity index is 2.29. The molecule has 1 amide bonds. The Labute approximate surface area is 372 Å². The summed E-state index contributed by atoms with van der Waals surface area (Å²) in [7, 11) is 0. The zero-order valence-corrected chi connectivity index (χ0v) is 38.9. The van der Waals surface area contributed by atoms with E-state index in [9.17, 15) is 40.5 Å². The first-order valence-electron chi connectivity index (χ1n) is 25.2. The Morgan fingerprint density at radius 3 is 1.43 bits per heavy atom. The van der Waals surface area contributed by atoms with Crippen LogP contribution in [0.4, 0.5) is 0 Å². The molecule has 0 aromatic rings. The molecule has 1 saturated heterocycles. The van der Waals surface area contributed by atoms with Crippen molar-refractivity contribution >= 4 is 5.91 Å². The lowest BCUT2D eigenvalue weighted by Gasteiger charge is -2.40. The number of aliphatic hydroxyl groups is 7. The van der Waals surface area contributed by atoms with E-state index in [2.05, 4.69) is 43.5 Å². The molecule has 0 aromatic heterocycles. The molecule has 9 unspecified atom stereocenters. The van der Waals surface area contributed by atoms with Crippen LogP contribution in [0.15, 0.2) is 24.3 Å². The molecule has 360 valence electrons. The lowest BCUT2D eigenvalue weighted by Crippen LogP contribution is -2.60. The summed E-state index contributed by atoms with van der Waals surface area (Å²) in [5.74, 6) is -0.709. The predicted octanol–water partition coefficient (Wildman–Crippen LogP) is 9.01. The van der Waals surface area contributed by atoms with Gasteiger partial charge in [-0.3, -0.25) is 4.79 Å². The Kier molecular flexibility index (Phi) is 37.9. The summed E-state index contributed by atoms with van der Waals surface area (Å²) in [6.45, 7) is 3.38. The Hall–Kier alpha value is -1.41. The molecule has 11 nitrogen and oxygen atoms in total. The van der Waals surface area contributed by atoms with E-state index < -0.39 is 74.2 Å². The summed E-state index contributed by atoms with van der Waals surface area (Å²) >= 11 is 0. The van der Waals surface area contributed by atoms with Crippen LogP contribution in [0.2, 0.25) is 0 Å². The predicted molar refractivity (Wildman–Crippen MR) is 247 cm³/mol. The molecule has 1 heterocycles. The molecule has 1 rings (SSSR count). The first kappa shape index (κ1) is 57.6. The largest absolute Gasteiger partial charge is 0.394 e. The van der Waals surface area contributed by atoms with Crippen molar-refractivity contribution < 1.29 is 50.0 Å². The van der Waals surface area contributed by atoms with Crippen molar-refractivity contribution in [3.63, 3.8) is 0 Å². The number of allylic oxidation sites excluding steroid dienone is 4. The first-order chi connectivity index (χ1) is 29.7. The van der Waals surface area contributed by atoms with Crippen molar-refractivity contribution in [1.29, 1.82) is 0 Å². The standard InChI is InChI=1S/C50H95NO10/c1-3-5-7-9-11-13-14-15-16-17-18-19-20-21-22-23-24-25-26-27-28-30-32-34-36-38-43(54)49(59)51-41(40-60-50-48(58)47(57)46(56)44(39-52)61-50)45(55)42(53)37-35-33-31-29-12-10-8-6-4-2/h21-22,29,31,41-48,50,52-58H,3-20,23-28,30,32-40H2,1-2H3,(H,51,59)/b22-21-,31-29+. The molecule has 1 fully saturated rings. The first-order valence-corrected chi connectivity index (χ1v) is 25.2. The van der Waals surface area contributed by atoms with Crippen molar-refractivity contribution in [1.82, 2.24) is 5.32 Å². The zero-order chi connectivity index (χ0) is 44.8. The van der Waals surface area contributed by atoms with Gasteiger partial charge in [-0.2, -0.15) is 0 Å². The molecule has 8 N–H and O–H groups in total. The molecule has 0 aromatic carbocycles. The molecule has 61 heavy (non-hydrogen) atoms. The number of hydrogen-bond acceptors (Lipinski definition) is 10. The van der Waals surface area contributed by atoms with Crippen molar-refractivity contribution in [2.45, 2.75) is 274 Å². The minimum atomic E-state index is -1.67. The Bertz CT molecular complexity index is 1040. The molecule has 11 heteroatoms. The second-order valence-electron chi connectivity index (χ2n) is 17.9. The lowest BCUT2D eigenvalue weighted by molar-refractivity contribution is -0.303. The van der Waals surface area contributed by atoms with Crippen LogP contribution in [-0.2, 0) is 14.3 Å². The van der Waals surface area contributed by atoms with Crippen LogP contribution >= 0.6 is 0 Å². The third kappa shape index (κ3) is 29.6. The summed E-state index contributed by atoms with van der Waals surface area (Å²) < 4.78 is 11.1. The van der Waals surface area contributed by atoms with Gasteiger partial charge in [0.2, 0.25) is 5.91 Å². The van der Waals surface area contributed by atoms with E-state index in [1.165, 1.54) is 141 Å². The maximum Gasteiger partial charge on any atom is 0.249 e. The highest BCUT2D eigenvalue weighted by Crippen LogP contribution is 2.23. The average Bonchev–Trinajstić information content (AvgIpc) is 3.26. The van der Waals surface area contributed by atoms with Crippen LogP contribution in [0.25, 0.3) is 0 Å². The van der Waals surface area contributed by atoms with E-state index in [1.54, 1.807) is 0 Å². The fraction of sp³-hybridized carbons (Fsp3) is 0.900. The zero-order valence-electron chi connectivity index (χ0n) is 38.9. The average molecular weight is 870 g/mol. The molecular formula is C50H95NO10. The van der Waals surface area contributed by atoms with Crippen molar-refractivity contribution in [2.24, 2.45) is 0 Å². The van der Waals surface area contributed by atoms with Crippen molar-refractivity contribution in [3.8, 4) is 0 Å². The summed E-state index contributed by atoms with van der Waals surface area (Å²) in [4.78, 5) is 13.1. The molecule has 0 bridgehead atoms.